The third-order valence-corrected chi connectivity index (χ3v) is 2.26. The molecule has 0 unspecified atom stereocenters. The summed E-state index contributed by atoms with van der Waals surface area (Å²) < 4.78 is 3.64. The molecule has 4 nitrogen and oxygen atoms in total. The molecule has 70 valence electrons. The number of hydrogen-bond acceptors (Lipinski definition) is 5. The Labute approximate surface area is 84.8 Å². The summed E-state index contributed by atoms with van der Waals surface area (Å²) >= 11 is 1.18. The maximum Gasteiger partial charge on any atom is 0.188 e. The van der Waals surface area contributed by atoms with Gasteiger partial charge in [0.2, 0.25) is 0 Å². The highest BCUT2D eigenvalue weighted by atomic mass is 32.1. The molecule has 0 aliphatic rings. The lowest BCUT2D eigenvalue weighted by atomic mass is 10.1. The average molecular weight is 205 g/mol. The highest BCUT2D eigenvalue weighted by Crippen LogP contribution is 2.05. The molecule has 2 aromatic rings. The summed E-state index contributed by atoms with van der Waals surface area (Å²) in [6.07, 6.45) is 3.69. The van der Waals surface area contributed by atoms with Crippen molar-refractivity contribution >= 4 is 17.3 Å². The van der Waals surface area contributed by atoms with Gasteiger partial charge in [-0.2, -0.15) is 0 Å². The summed E-state index contributed by atoms with van der Waals surface area (Å²) in [7, 11) is 0. The first-order valence-electron chi connectivity index (χ1n) is 4.05. The second kappa shape index (κ2) is 4.06. The van der Waals surface area contributed by atoms with Crippen molar-refractivity contribution in [3.63, 3.8) is 0 Å². The Morgan fingerprint density at radius 1 is 1.36 bits per heavy atom. The monoisotopic (exact) mass is 205 g/mol. The van der Waals surface area contributed by atoms with Crippen molar-refractivity contribution in [1.29, 1.82) is 0 Å². The summed E-state index contributed by atoms with van der Waals surface area (Å²) in [6.45, 7) is 0. The van der Waals surface area contributed by atoms with Crippen LogP contribution in [0.1, 0.15) is 16.1 Å². The minimum atomic E-state index is -0.00931. The van der Waals surface area contributed by atoms with Gasteiger partial charge in [-0.25, -0.2) is 0 Å². The van der Waals surface area contributed by atoms with E-state index in [-0.39, 0.29) is 5.78 Å². The first-order chi connectivity index (χ1) is 6.86. The Kier molecular flexibility index (Phi) is 2.60. The molecule has 0 saturated carbocycles. The van der Waals surface area contributed by atoms with Crippen LogP contribution in [0.5, 0.6) is 0 Å². The van der Waals surface area contributed by atoms with E-state index in [0.29, 0.717) is 12.1 Å². The molecule has 2 rings (SSSR count). The maximum atomic E-state index is 11.6. The number of carbonyl (C=O) groups is 1. The Bertz CT molecular complexity index is 413. The molecule has 14 heavy (non-hydrogen) atoms. The quantitative estimate of drug-likeness (QED) is 0.710. The summed E-state index contributed by atoms with van der Waals surface area (Å²) in [5.41, 5.74) is 1.38. The molecular weight excluding hydrogens is 198 g/mol. The fourth-order valence-corrected chi connectivity index (χ4v) is 1.52. The van der Waals surface area contributed by atoms with E-state index >= 15 is 0 Å². The van der Waals surface area contributed by atoms with Crippen molar-refractivity contribution in [3.8, 4) is 0 Å². The van der Waals surface area contributed by atoms with Gasteiger partial charge >= 0.3 is 0 Å². The highest BCUT2D eigenvalue weighted by molar-refractivity contribution is 7.03. The van der Waals surface area contributed by atoms with Crippen LogP contribution < -0.4 is 0 Å². The molecule has 0 aliphatic heterocycles. The van der Waals surface area contributed by atoms with Gasteiger partial charge in [-0.05, 0) is 29.2 Å². The molecule has 0 saturated heterocycles. The van der Waals surface area contributed by atoms with Crippen LogP contribution in [0, 0.1) is 0 Å². The van der Waals surface area contributed by atoms with Crippen molar-refractivity contribution in [1.82, 2.24) is 14.6 Å². The summed E-state index contributed by atoms with van der Waals surface area (Å²) in [5, 5.41) is 5.37. The molecule has 0 spiro atoms. The van der Waals surface area contributed by atoms with Crippen molar-refractivity contribution in [2.75, 3.05) is 0 Å². The van der Waals surface area contributed by atoms with Gasteiger partial charge in [-0.3, -0.25) is 9.78 Å². The van der Waals surface area contributed by atoms with Crippen LogP contribution >= 0.6 is 11.5 Å². The van der Waals surface area contributed by atoms with Gasteiger partial charge in [-0.15, -0.1) is 5.10 Å². The van der Waals surface area contributed by atoms with Gasteiger partial charge in [0.05, 0.1) is 0 Å². The van der Waals surface area contributed by atoms with Gasteiger partial charge in [0, 0.05) is 24.2 Å². The van der Waals surface area contributed by atoms with E-state index in [4.69, 9.17) is 0 Å². The topological polar surface area (TPSA) is 55.7 Å². The minimum Gasteiger partial charge on any atom is -0.292 e. The Morgan fingerprint density at radius 3 is 2.79 bits per heavy atom. The molecule has 0 atom stereocenters. The normalized spacial score (nSPS) is 10.0. The highest BCUT2D eigenvalue weighted by Gasteiger charge is 2.09. The average Bonchev–Trinajstić information content (AvgIpc) is 2.72. The van der Waals surface area contributed by atoms with Crippen molar-refractivity contribution < 1.29 is 4.79 Å². The summed E-state index contributed by atoms with van der Waals surface area (Å²) in [4.78, 5) is 15.4. The lowest BCUT2D eigenvalue weighted by molar-refractivity contribution is 0.0988. The molecule has 0 aliphatic carbocycles. The predicted molar refractivity (Wildman–Crippen MR) is 52.2 cm³/mol. The largest absolute Gasteiger partial charge is 0.292 e. The van der Waals surface area contributed by atoms with Crippen LogP contribution in [0.15, 0.2) is 29.9 Å². The first-order valence-corrected chi connectivity index (χ1v) is 4.89. The Hall–Kier alpha value is -1.62. The third kappa shape index (κ3) is 2.00. The van der Waals surface area contributed by atoms with Crippen molar-refractivity contribution in [3.05, 3.63) is 41.2 Å². The second-order valence-corrected chi connectivity index (χ2v) is 3.36. The van der Waals surface area contributed by atoms with E-state index in [0.717, 1.165) is 5.56 Å². The molecule has 0 bridgehead atoms. The molecular formula is C9H7N3OS. The van der Waals surface area contributed by atoms with E-state index < -0.39 is 0 Å². The van der Waals surface area contributed by atoms with Gasteiger partial charge in [0.25, 0.3) is 0 Å². The molecule has 0 aromatic carbocycles. The number of ketones is 1. The SMILES string of the molecule is O=C(Cc1ccncc1)c1csnn1. The number of rotatable bonds is 3. The van der Waals surface area contributed by atoms with Crippen LogP contribution in [0.2, 0.25) is 0 Å². The van der Waals surface area contributed by atoms with Crippen LogP contribution in [-0.2, 0) is 6.42 Å². The molecule has 0 radical (unpaired) electrons. The summed E-state index contributed by atoms with van der Waals surface area (Å²) in [6, 6.07) is 3.63. The number of aromatic nitrogens is 3. The lowest BCUT2D eigenvalue weighted by Crippen LogP contribution is -2.03. The zero-order valence-corrected chi connectivity index (χ0v) is 8.07. The van der Waals surface area contributed by atoms with Crippen LogP contribution in [0.25, 0.3) is 0 Å². The van der Waals surface area contributed by atoms with Gasteiger partial charge in [0.15, 0.2) is 5.78 Å². The Balaban J connectivity index is 2.10. The lowest BCUT2D eigenvalue weighted by Gasteiger charge is -1.96. The molecule has 2 heterocycles. The van der Waals surface area contributed by atoms with Gasteiger partial charge in [-0.1, -0.05) is 4.49 Å². The van der Waals surface area contributed by atoms with Crippen LogP contribution in [-0.4, -0.2) is 20.4 Å². The molecule has 5 heteroatoms. The number of hydrogen-bond donors (Lipinski definition) is 0. The molecule has 0 amide bonds. The molecule has 0 N–H and O–H groups in total. The van der Waals surface area contributed by atoms with E-state index in [1.54, 1.807) is 17.8 Å². The standard InChI is InChI=1S/C9H7N3OS/c13-9(8-6-14-12-11-8)5-7-1-3-10-4-2-7/h1-4,6H,5H2. The smallest absolute Gasteiger partial charge is 0.188 e. The fourth-order valence-electron chi connectivity index (χ4n) is 1.06. The Morgan fingerprint density at radius 2 is 2.14 bits per heavy atom. The number of nitrogens with zero attached hydrogens (tertiary/aromatic N) is 3. The number of pyridine rings is 1. The summed E-state index contributed by atoms with van der Waals surface area (Å²) in [5.74, 6) is -0.00931. The predicted octanol–water partition coefficient (Wildman–Crippen LogP) is 1.36. The number of carbonyl (C=O) groups excluding carboxylic acids is 1. The number of Topliss-reactive ketones (excluding diaryl/α,β-unsaturated/α-hetero) is 1. The zero-order valence-electron chi connectivity index (χ0n) is 7.25. The van der Waals surface area contributed by atoms with Gasteiger partial charge in [0.1, 0.15) is 5.69 Å². The van der Waals surface area contributed by atoms with E-state index in [9.17, 15) is 4.79 Å². The molecule has 0 fully saturated rings. The second-order valence-electron chi connectivity index (χ2n) is 2.75. The van der Waals surface area contributed by atoms with E-state index in [1.165, 1.54) is 11.5 Å². The third-order valence-electron chi connectivity index (χ3n) is 1.76. The maximum absolute atomic E-state index is 11.6. The van der Waals surface area contributed by atoms with Crippen LogP contribution in [0.4, 0.5) is 0 Å². The van der Waals surface area contributed by atoms with Crippen molar-refractivity contribution in [2.45, 2.75) is 6.42 Å². The molecule has 2 aromatic heterocycles. The zero-order chi connectivity index (χ0) is 9.80. The fraction of sp³-hybridized carbons (Fsp3) is 0.111. The van der Waals surface area contributed by atoms with E-state index in [2.05, 4.69) is 14.6 Å². The minimum absolute atomic E-state index is 0.00931. The van der Waals surface area contributed by atoms with Crippen molar-refractivity contribution in [2.24, 2.45) is 0 Å². The van der Waals surface area contributed by atoms with E-state index in [1.807, 2.05) is 12.1 Å². The first kappa shape index (κ1) is 8.96. The van der Waals surface area contributed by atoms with Gasteiger partial charge < -0.3 is 0 Å². The van der Waals surface area contributed by atoms with Crippen LogP contribution in [0.3, 0.4) is 0 Å².